The van der Waals surface area contributed by atoms with Crippen LogP contribution in [-0.2, 0) is 6.54 Å². The van der Waals surface area contributed by atoms with E-state index in [1.54, 1.807) is 55.2 Å². The van der Waals surface area contributed by atoms with Gasteiger partial charge in [-0.15, -0.1) is 0 Å². The van der Waals surface area contributed by atoms with Crippen molar-refractivity contribution in [2.24, 2.45) is 5.41 Å². The number of anilines is 1. The summed E-state index contributed by atoms with van der Waals surface area (Å²) in [5.74, 6) is 0.537. The first-order valence-electron chi connectivity index (χ1n) is 8.98. The predicted octanol–water partition coefficient (Wildman–Crippen LogP) is 3.70. The van der Waals surface area contributed by atoms with E-state index in [1.165, 1.54) is 0 Å². The molecule has 0 aliphatic heterocycles. The van der Waals surface area contributed by atoms with Gasteiger partial charge in [0.25, 0.3) is 0 Å². The summed E-state index contributed by atoms with van der Waals surface area (Å²) in [6, 6.07) is 8.67. The van der Waals surface area contributed by atoms with Gasteiger partial charge in [-0.2, -0.15) is 0 Å². The lowest BCUT2D eigenvalue weighted by Crippen LogP contribution is -2.47. The summed E-state index contributed by atoms with van der Waals surface area (Å²) in [5.41, 5.74) is 0.484. The van der Waals surface area contributed by atoms with Crippen molar-refractivity contribution < 1.29 is 9.53 Å². The van der Waals surface area contributed by atoms with Gasteiger partial charge in [-0.25, -0.2) is 19.7 Å². The van der Waals surface area contributed by atoms with Gasteiger partial charge in [-0.05, 0) is 23.6 Å². The van der Waals surface area contributed by atoms with Gasteiger partial charge in [-0.1, -0.05) is 26.8 Å². The molecule has 0 aliphatic carbocycles. The Kier molecular flexibility index (Phi) is 5.88. The Hall–Kier alpha value is -3.42. The molecule has 3 aromatic rings. The molecule has 8 heteroatoms. The van der Waals surface area contributed by atoms with Crippen LogP contribution in [0.25, 0.3) is 0 Å². The number of hydrogen-bond donors (Lipinski definition) is 2. The minimum absolute atomic E-state index is 0.0844. The van der Waals surface area contributed by atoms with E-state index in [2.05, 4.69) is 46.4 Å². The molecule has 2 aromatic heterocycles. The van der Waals surface area contributed by atoms with Crippen LogP contribution < -0.4 is 15.4 Å². The number of urea groups is 1. The van der Waals surface area contributed by atoms with Crippen LogP contribution in [0.15, 0.2) is 61.4 Å². The summed E-state index contributed by atoms with van der Waals surface area (Å²) in [6.07, 6.45) is 8.55. The van der Waals surface area contributed by atoms with Crippen molar-refractivity contribution in [3.05, 3.63) is 61.4 Å². The fraction of sp³-hybridized carbons (Fsp3) is 0.300. The number of amides is 2. The Morgan fingerprint density at radius 1 is 1.18 bits per heavy atom. The summed E-state index contributed by atoms with van der Waals surface area (Å²) in [4.78, 5) is 24.7. The fourth-order valence-corrected chi connectivity index (χ4v) is 2.55. The predicted molar refractivity (Wildman–Crippen MR) is 106 cm³/mol. The molecule has 2 amide bonds. The number of benzene rings is 1. The second-order valence-electron chi connectivity index (χ2n) is 7.44. The molecule has 0 fully saturated rings. The molecular weight excluding hydrogens is 356 g/mol. The lowest BCUT2D eigenvalue weighted by molar-refractivity contribution is 0.219. The summed E-state index contributed by atoms with van der Waals surface area (Å²) in [6.45, 7) is 6.89. The maximum Gasteiger partial charge on any atom is 0.321 e. The zero-order valence-corrected chi connectivity index (χ0v) is 16.2. The number of nitrogens with one attached hydrogen (secondary N) is 2. The molecule has 146 valence electrons. The minimum atomic E-state index is -0.284. The molecule has 28 heavy (non-hydrogen) atoms. The number of hydrogen-bond acceptors (Lipinski definition) is 5. The average Bonchev–Trinajstić information content (AvgIpc) is 3.15. The standard InChI is InChI=1S/C20H24N6O2/c1-20(2,3)17(13-26-11-10-21-14-26)25-18(27)24-15-6-4-7-16(12-15)28-19-22-8-5-9-23-19/h4-12,14,17H,13H2,1-3H3,(H2,24,25,27). The van der Waals surface area contributed by atoms with Gasteiger partial charge in [0.1, 0.15) is 5.75 Å². The van der Waals surface area contributed by atoms with Crippen LogP contribution in [0.2, 0.25) is 0 Å². The Labute approximate surface area is 164 Å². The maximum atomic E-state index is 12.6. The molecule has 1 aromatic carbocycles. The largest absolute Gasteiger partial charge is 0.424 e. The van der Waals surface area contributed by atoms with Gasteiger partial charge >= 0.3 is 12.0 Å². The molecule has 0 spiro atoms. The Morgan fingerprint density at radius 2 is 1.96 bits per heavy atom. The lowest BCUT2D eigenvalue weighted by Gasteiger charge is -2.31. The molecule has 2 heterocycles. The quantitative estimate of drug-likeness (QED) is 0.680. The highest BCUT2D eigenvalue weighted by Crippen LogP contribution is 2.23. The smallest absolute Gasteiger partial charge is 0.321 e. The van der Waals surface area contributed by atoms with Gasteiger partial charge < -0.3 is 19.9 Å². The first kappa shape index (κ1) is 19.3. The van der Waals surface area contributed by atoms with Gasteiger partial charge in [0.15, 0.2) is 0 Å². The van der Waals surface area contributed by atoms with Crippen molar-refractivity contribution in [2.75, 3.05) is 5.32 Å². The zero-order valence-electron chi connectivity index (χ0n) is 16.2. The number of imidazole rings is 1. The molecule has 2 N–H and O–H groups in total. The van der Waals surface area contributed by atoms with Crippen molar-refractivity contribution in [1.29, 1.82) is 0 Å². The van der Waals surface area contributed by atoms with Crippen LogP contribution in [0.1, 0.15) is 20.8 Å². The number of aromatic nitrogens is 4. The van der Waals surface area contributed by atoms with Crippen LogP contribution >= 0.6 is 0 Å². The Balaban J connectivity index is 1.63. The number of nitrogens with zero attached hydrogens (tertiary/aromatic N) is 4. The molecular formula is C20H24N6O2. The number of ether oxygens (including phenoxy) is 1. The SMILES string of the molecule is CC(C)(C)C(Cn1ccnc1)NC(=O)Nc1cccc(Oc2ncccn2)c1. The van der Waals surface area contributed by atoms with E-state index in [4.69, 9.17) is 4.74 Å². The summed E-state index contributed by atoms with van der Waals surface area (Å²) in [7, 11) is 0. The first-order valence-corrected chi connectivity index (χ1v) is 8.98. The van der Waals surface area contributed by atoms with E-state index in [-0.39, 0.29) is 23.5 Å². The second-order valence-corrected chi connectivity index (χ2v) is 7.44. The van der Waals surface area contributed by atoms with Gasteiger partial charge in [-0.3, -0.25) is 0 Å². The van der Waals surface area contributed by atoms with Crippen LogP contribution in [0.5, 0.6) is 11.8 Å². The normalized spacial score (nSPS) is 12.2. The second kappa shape index (κ2) is 8.51. The van der Waals surface area contributed by atoms with Crippen LogP contribution in [-0.4, -0.2) is 31.6 Å². The molecule has 0 saturated heterocycles. The molecule has 0 saturated carbocycles. The first-order chi connectivity index (χ1) is 13.4. The lowest BCUT2D eigenvalue weighted by atomic mass is 9.86. The molecule has 0 aliphatic rings. The number of carbonyl (C=O) groups is 1. The third-order valence-corrected chi connectivity index (χ3v) is 4.15. The van der Waals surface area contributed by atoms with Crippen molar-refractivity contribution in [2.45, 2.75) is 33.4 Å². The monoisotopic (exact) mass is 380 g/mol. The van der Waals surface area contributed by atoms with Crippen LogP contribution in [0, 0.1) is 5.41 Å². The van der Waals surface area contributed by atoms with E-state index in [1.807, 2.05) is 10.8 Å². The number of carbonyl (C=O) groups excluding carboxylic acids is 1. The molecule has 1 atom stereocenters. The van der Waals surface area contributed by atoms with E-state index >= 15 is 0 Å². The Morgan fingerprint density at radius 3 is 2.64 bits per heavy atom. The third-order valence-electron chi connectivity index (χ3n) is 4.15. The minimum Gasteiger partial charge on any atom is -0.424 e. The zero-order chi connectivity index (χ0) is 20.0. The topological polar surface area (TPSA) is 94.0 Å². The van der Waals surface area contributed by atoms with Crippen molar-refractivity contribution >= 4 is 11.7 Å². The molecule has 3 rings (SSSR count). The van der Waals surface area contributed by atoms with E-state index in [0.29, 0.717) is 18.0 Å². The average molecular weight is 380 g/mol. The molecule has 0 radical (unpaired) electrons. The van der Waals surface area contributed by atoms with Gasteiger partial charge in [0.05, 0.1) is 12.4 Å². The molecule has 0 bridgehead atoms. The van der Waals surface area contributed by atoms with Gasteiger partial charge in [0, 0.05) is 43.1 Å². The van der Waals surface area contributed by atoms with E-state index in [0.717, 1.165) is 0 Å². The molecule has 8 nitrogen and oxygen atoms in total. The van der Waals surface area contributed by atoms with Crippen LogP contribution in [0.4, 0.5) is 10.5 Å². The van der Waals surface area contributed by atoms with Crippen molar-refractivity contribution in [3.63, 3.8) is 0 Å². The Bertz CT molecular complexity index is 891. The summed E-state index contributed by atoms with van der Waals surface area (Å²) in [5, 5.41) is 5.90. The molecule has 1 unspecified atom stereocenters. The van der Waals surface area contributed by atoms with E-state index < -0.39 is 0 Å². The van der Waals surface area contributed by atoms with Crippen LogP contribution in [0.3, 0.4) is 0 Å². The van der Waals surface area contributed by atoms with E-state index in [9.17, 15) is 4.79 Å². The van der Waals surface area contributed by atoms with Gasteiger partial charge in [0.2, 0.25) is 0 Å². The summed E-state index contributed by atoms with van der Waals surface area (Å²) >= 11 is 0. The highest BCUT2D eigenvalue weighted by molar-refractivity contribution is 5.89. The fourth-order valence-electron chi connectivity index (χ4n) is 2.55. The van der Waals surface area contributed by atoms with Crippen molar-refractivity contribution in [1.82, 2.24) is 24.8 Å². The summed E-state index contributed by atoms with van der Waals surface area (Å²) < 4.78 is 7.55. The number of rotatable bonds is 6. The highest BCUT2D eigenvalue weighted by Gasteiger charge is 2.26. The third kappa shape index (κ3) is 5.54. The van der Waals surface area contributed by atoms with Crippen molar-refractivity contribution in [3.8, 4) is 11.8 Å². The highest BCUT2D eigenvalue weighted by atomic mass is 16.5. The maximum absolute atomic E-state index is 12.6.